The maximum absolute atomic E-state index is 13.0. The molecule has 1 unspecified atom stereocenters. The molecule has 1 N–H and O–H groups in total. The average molecular weight is 477 g/mol. The van der Waals surface area contributed by atoms with E-state index in [2.05, 4.69) is 15.5 Å². The molecule has 3 rings (SSSR count). The third kappa shape index (κ3) is 5.38. The second-order valence-electron chi connectivity index (χ2n) is 8.42. The molecule has 1 saturated heterocycles. The van der Waals surface area contributed by atoms with Crippen molar-refractivity contribution in [3.63, 3.8) is 0 Å². The third-order valence-electron chi connectivity index (χ3n) is 4.76. The zero-order valence-corrected chi connectivity index (χ0v) is 19.4. The Bertz CT molecular complexity index is 1010. The number of amides is 2. The van der Waals surface area contributed by atoms with E-state index in [-0.39, 0.29) is 18.1 Å². The minimum absolute atomic E-state index is 0.00428. The summed E-state index contributed by atoms with van der Waals surface area (Å²) in [5.41, 5.74) is -0.0332. The summed E-state index contributed by atoms with van der Waals surface area (Å²) in [5.74, 6) is -2.24. The van der Waals surface area contributed by atoms with E-state index in [1.54, 1.807) is 20.8 Å². The molecule has 2 amide bonds. The Hall–Kier alpha value is -3.28. The molecular formula is C21H24N4O7S. The number of hydrogen-bond acceptors (Lipinski definition) is 10. The van der Waals surface area contributed by atoms with E-state index in [4.69, 9.17) is 9.47 Å². The van der Waals surface area contributed by atoms with Gasteiger partial charge >= 0.3 is 11.9 Å². The van der Waals surface area contributed by atoms with E-state index in [0.717, 1.165) is 0 Å². The number of nitrogens with zero attached hydrogens (tertiary/aromatic N) is 3. The van der Waals surface area contributed by atoms with Gasteiger partial charge in [-0.3, -0.25) is 24.3 Å². The van der Waals surface area contributed by atoms with Gasteiger partial charge in [-0.15, -0.1) is 16.7 Å². The number of aromatic nitrogens is 1. The van der Waals surface area contributed by atoms with Crippen molar-refractivity contribution in [3.05, 3.63) is 46.3 Å². The highest BCUT2D eigenvalue weighted by Crippen LogP contribution is 2.41. The van der Waals surface area contributed by atoms with Gasteiger partial charge in [-0.25, -0.2) is 4.79 Å². The van der Waals surface area contributed by atoms with Crippen LogP contribution in [0.15, 0.2) is 41.0 Å². The van der Waals surface area contributed by atoms with E-state index in [0.29, 0.717) is 11.1 Å². The van der Waals surface area contributed by atoms with Crippen LogP contribution in [0, 0.1) is 4.91 Å². The van der Waals surface area contributed by atoms with Gasteiger partial charge < -0.3 is 14.8 Å². The van der Waals surface area contributed by atoms with Crippen LogP contribution in [0.25, 0.3) is 0 Å². The number of pyridine rings is 1. The molecule has 0 bridgehead atoms. The second kappa shape index (κ2) is 9.69. The fourth-order valence-electron chi connectivity index (χ4n) is 3.34. The minimum Gasteiger partial charge on any atom is -0.461 e. The van der Waals surface area contributed by atoms with Crippen LogP contribution in [0.4, 0.5) is 0 Å². The number of β-lactam (4-membered cyclic amide) rings is 1. The van der Waals surface area contributed by atoms with Crippen LogP contribution in [-0.4, -0.2) is 63.0 Å². The summed E-state index contributed by atoms with van der Waals surface area (Å²) in [7, 11) is 0. The molecule has 2 aliphatic rings. The van der Waals surface area contributed by atoms with E-state index >= 15 is 0 Å². The molecular weight excluding hydrogens is 452 g/mol. The van der Waals surface area contributed by atoms with Crippen molar-refractivity contribution in [2.75, 3.05) is 12.4 Å². The number of rotatable bonds is 7. The normalized spacial score (nSPS) is 20.8. The minimum atomic E-state index is -1.34. The number of esters is 2. The predicted molar refractivity (Wildman–Crippen MR) is 117 cm³/mol. The molecule has 0 saturated carbocycles. The van der Waals surface area contributed by atoms with Crippen LogP contribution in [0.2, 0.25) is 0 Å². The summed E-state index contributed by atoms with van der Waals surface area (Å²) in [6.07, 6.45) is 2.85. The fraction of sp³-hybridized carbons (Fsp3) is 0.476. The Labute approximate surface area is 194 Å². The van der Waals surface area contributed by atoms with E-state index < -0.39 is 46.8 Å². The van der Waals surface area contributed by atoms with E-state index in [1.807, 2.05) is 0 Å². The van der Waals surface area contributed by atoms with E-state index in [9.17, 15) is 24.1 Å². The van der Waals surface area contributed by atoms with Gasteiger partial charge in [0.2, 0.25) is 0 Å². The number of carbonyl (C=O) groups excluding carboxylic acids is 4. The number of nitroso groups, excluding NO2 is 1. The SMILES string of the molecule is CC(=O)OCC1=C(C(=O)OC(C)(C)C)N2C(=O)[C@@H](NC(=O)C(N=O)c3ccncc3)[C@@H]2SC1. The van der Waals surface area contributed by atoms with Gasteiger partial charge in [0.1, 0.15) is 29.3 Å². The lowest BCUT2D eigenvalue weighted by atomic mass is 10.0. The Balaban J connectivity index is 1.81. The number of hydrogen-bond donors (Lipinski definition) is 1. The molecule has 0 aliphatic carbocycles. The van der Waals surface area contributed by atoms with Crippen molar-refractivity contribution < 1.29 is 28.7 Å². The molecule has 2 aliphatic heterocycles. The molecule has 0 radical (unpaired) electrons. The van der Waals surface area contributed by atoms with Gasteiger partial charge in [0, 0.05) is 30.6 Å². The monoisotopic (exact) mass is 476 g/mol. The maximum atomic E-state index is 13.0. The predicted octanol–water partition coefficient (Wildman–Crippen LogP) is 1.45. The molecule has 3 atom stereocenters. The molecule has 0 aromatic carbocycles. The molecule has 0 spiro atoms. The van der Waals surface area contributed by atoms with Gasteiger partial charge in [-0.2, -0.15) is 0 Å². The van der Waals surface area contributed by atoms with Crippen LogP contribution in [0.3, 0.4) is 0 Å². The zero-order chi connectivity index (χ0) is 24.3. The zero-order valence-electron chi connectivity index (χ0n) is 18.6. The van der Waals surface area contributed by atoms with Crippen LogP contribution in [-0.2, 0) is 28.7 Å². The van der Waals surface area contributed by atoms with Gasteiger partial charge in [-0.1, -0.05) is 5.18 Å². The van der Waals surface area contributed by atoms with Crippen LogP contribution in [0.1, 0.15) is 39.3 Å². The highest BCUT2D eigenvalue weighted by Gasteiger charge is 2.55. The van der Waals surface area contributed by atoms with Gasteiger partial charge in [0.15, 0.2) is 6.04 Å². The summed E-state index contributed by atoms with van der Waals surface area (Å²) in [4.78, 5) is 66.2. The standard InChI is InChI=1S/C21H24N4O7S/c1-11(26)31-9-13-10-33-19-15(18(28)25(19)16(13)20(29)32-21(2,3)4)23-17(27)14(24-30)12-5-7-22-8-6-12/h5-8,14-15,19H,9-10H2,1-4H3,(H,23,27)/t14?,15-,19+/m1/s1. The lowest BCUT2D eigenvalue weighted by Gasteiger charge is -2.50. The van der Waals surface area contributed by atoms with Crippen molar-refractivity contribution in [2.24, 2.45) is 5.18 Å². The number of carbonyl (C=O) groups is 4. The highest BCUT2D eigenvalue weighted by molar-refractivity contribution is 8.00. The van der Waals surface area contributed by atoms with Crippen molar-refractivity contribution in [1.29, 1.82) is 0 Å². The maximum Gasteiger partial charge on any atom is 0.355 e. The fourth-order valence-corrected chi connectivity index (χ4v) is 4.66. The van der Waals surface area contributed by atoms with Crippen molar-refractivity contribution in [1.82, 2.24) is 15.2 Å². The molecule has 1 aromatic heterocycles. The summed E-state index contributed by atoms with van der Waals surface area (Å²) >= 11 is 1.30. The molecule has 11 nitrogen and oxygen atoms in total. The Morgan fingerprint density at radius 2 is 1.97 bits per heavy atom. The summed E-state index contributed by atoms with van der Waals surface area (Å²) in [5, 5.41) is 4.86. The van der Waals surface area contributed by atoms with Gasteiger partial charge in [0.25, 0.3) is 11.8 Å². The van der Waals surface area contributed by atoms with Crippen LogP contribution < -0.4 is 5.32 Å². The Kier molecular flexibility index (Phi) is 7.15. The number of ether oxygens (including phenoxy) is 2. The summed E-state index contributed by atoms with van der Waals surface area (Å²) in [6.45, 7) is 6.16. The van der Waals surface area contributed by atoms with Gasteiger partial charge in [0.05, 0.1) is 0 Å². The quantitative estimate of drug-likeness (QED) is 0.351. The number of thioether (sulfide) groups is 1. The largest absolute Gasteiger partial charge is 0.461 e. The molecule has 33 heavy (non-hydrogen) atoms. The molecule has 3 heterocycles. The first-order valence-electron chi connectivity index (χ1n) is 10.1. The first kappa shape index (κ1) is 24.4. The van der Waals surface area contributed by atoms with Crippen LogP contribution in [0.5, 0.6) is 0 Å². The first-order chi connectivity index (χ1) is 15.5. The average Bonchev–Trinajstić information content (AvgIpc) is 2.75. The first-order valence-corrected chi connectivity index (χ1v) is 11.1. The van der Waals surface area contributed by atoms with Crippen molar-refractivity contribution in [2.45, 2.75) is 50.8 Å². The van der Waals surface area contributed by atoms with Crippen LogP contribution >= 0.6 is 11.8 Å². The van der Waals surface area contributed by atoms with Crippen molar-refractivity contribution >= 4 is 35.5 Å². The third-order valence-corrected chi connectivity index (χ3v) is 6.10. The second-order valence-corrected chi connectivity index (χ2v) is 9.52. The number of nitrogens with one attached hydrogen (secondary N) is 1. The molecule has 1 fully saturated rings. The molecule has 176 valence electrons. The number of fused-ring (bicyclic) bond motifs is 1. The topological polar surface area (TPSA) is 144 Å². The summed E-state index contributed by atoms with van der Waals surface area (Å²) < 4.78 is 10.5. The smallest absolute Gasteiger partial charge is 0.355 e. The molecule has 12 heteroatoms. The van der Waals surface area contributed by atoms with Gasteiger partial charge in [-0.05, 0) is 38.5 Å². The molecule has 1 aromatic rings. The Morgan fingerprint density at radius 1 is 1.30 bits per heavy atom. The summed E-state index contributed by atoms with van der Waals surface area (Å²) in [6, 6.07) is 0.673. The highest BCUT2D eigenvalue weighted by atomic mass is 32.2. The Morgan fingerprint density at radius 3 is 2.55 bits per heavy atom. The van der Waals surface area contributed by atoms with Crippen molar-refractivity contribution in [3.8, 4) is 0 Å². The van der Waals surface area contributed by atoms with E-state index in [1.165, 1.54) is 48.1 Å². The lowest BCUT2D eigenvalue weighted by molar-refractivity contribution is -0.159. The lowest BCUT2D eigenvalue weighted by Crippen LogP contribution is -2.71.